The van der Waals surface area contributed by atoms with Gasteiger partial charge in [-0.1, -0.05) is 60.7 Å². The van der Waals surface area contributed by atoms with Gasteiger partial charge in [-0.25, -0.2) is 4.79 Å². The van der Waals surface area contributed by atoms with E-state index in [1.807, 2.05) is 0 Å². The van der Waals surface area contributed by atoms with Crippen molar-refractivity contribution in [3.8, 4) is 5.75 Å². The van der Waals surface area contributed by atoms with E-state index in [1.54, 1.807) is 73.3 Å². The Kier molecular flexibility index (Phi) is 28.5. The lowest BCUT2D eigenvalue weighted by atomic mass is 10.0. The first-order valence-electron chi connectivity index (χ1n) is 26.7. The van der Waals surface area contributed by atoms with Gasteiger partial charge in [-0.15, -0.1) is 0 Å². The van der Waals surface area contributed by atoms with Gasteiger partial charge in [0.25, 0.3) is 0 Å². The lowest BCUT2D eigenvalue weighted by Crippen LogP contribution is -2.59. The summed E-state index contributed by atoms with van der Waals surface area (Å²) in [6, 6.07) is 8.88. The largest absolute Gasteiger partial charge is 0.508 e. The Hall–Kier alpha value is -8.90. The number of carboxylic acids is 3. The highest BCUT2D eigenvalue weighted by Gasteiger charge is 2.35. The van der Waals surface area contributed by atoms with Crippen molar-refractivity contribution in [1.82, 2.24) is 47.5 Å². The monoisotopic (exact) mass is 1220 g/mol. The minimum atomic E-state index is -1.80. The number of H-pyrrole nitrogens is 1. The van der Waals surface area contributed by atoms with E-state index in [9.17, 15) is 73.2 Å². The number of phenols is 1. The van der Waals surface area contributed by atoms with Gasteiger partial charge in [-0.2, -0.15) is 23.5 Å². The minimum Gasteiger partial charge on any atom is -0.508 e. The van der Waals surface area contributed by atoms with E-state index < -0.39 is 133 Å². The average molecular weight is 1220 g/mol. The van der Waals surface area contributed by atoms with Gasteiger partial charge in [0.2, 0.25) is 47.3 Å². The number of carbonyl (C=O) groups excluding carboxylic acids is 8. The molecule has 0 aliphatic heterocycles. The number of aromatic nitrogens is 1. The lowest BCUT2D eigenvalue weighted by Gasteiger charge is -2.26. The smallest absolute Gasteiger partial charge is 0.326 e. The number of nitrogens with two attached hydrogens (primary N) is 3. The molecule has 19 N–H and O–H groups in total. The standard InChI is InChI=1S/C55H73N13O15S2/c1-84-21-18-37(63-50(78)39(23-31-14-16-33(69)17-15-31)66-52(80)41(26-45(71)72)65-47(75)35(56)12-8-20-59-55(57)58)48(76)61-29-44(70)62-40(25-32-28-60-36-13-7-6-11-34(32)36)51(79)64-38(19-22-85-2)49(77)67-42(27-46(73)74)53(81)68-43(54(82)83)24-30-9-4-3-5-10-30/h3-7,9-11,13-17,28,35,37-43,60,69H,8,12,18-27,29,56H2,1-2H3,(H,61,76)(H,62,70)(H,63,78)(H,64,79)(H,65,75)(H,66,80)(H,67,77)(H,68,81)(H,71,72)(H,73,74)(H,82,83)(H4,57,58,59)/t35-,37-,38-,39-,40-,41-,42-,43-/m0/s1. The van der Waals surface area contributed by atoms with E-state index in [0.29, 0.717) is 27.6 Å². The van der Waals surface area contributed by atoms with Crippen LogP contribution in [0.3, 0.4) is 0 Å². The summed E-state index contributed by atoms with van der Waals surface area (Å²) < 4.78 is 0. The fraction of sp³-hybridized carbons (Fsp3) is 0.418. The molecular weight excluding hydrogens is 1150 g/mol. The molecule has 28 nitrogen and oxygen atoms in total. The Balaban J connectivity index is 1.55. The normalized spacial score (nSPS) is 13.8. The van der Waals surface area contributed by atoms with E-state index in [0.717, 1.165) is 0 Å². The van der Waals surface area contributed by atoms with Crippen molar-refractivity contribution in [3.05, 3.63) is 102 Å². The number of aliphatic imine (C=N–C) groups is 1. The summed E-state index contributed by atoms with van der Waals surface area (Å²) in [7, 11) is 0. The second-order valence-corrected chi connectivity index (χ2v) is 21.5. The molecule has 1 aromatic heterocycles. The Morgan fingerprint density at radius 1 is 0.541 bits per heavy atom. The number of carboxylic acid groups (broad SMARTS) is 3. The SMILES string of the molecule is CSCC[C@H](NC(=O)[C@H](Cc1ccc(O)cc1)NC(=O)[C@H](CC(=O)O)NC(=O)[C@@H](N)CCCN=C(N)N)C(=O)NCC(=O)N[C@@H](Cc1c[nH]c2ccccc12)C(=O)N[C@@H](CCSC)C(=O)N[C@@H](CC(=O)O)C(=O)N[C@@H](Cc1ccccc1)C(=O)O. The van der Waals surface area contributed by atoms with Crippen LogP contribution in [0, 0.1) is 0 Å². The average Bonchev–Trinajstić information content (AvgIpc) is 3.46. The molecule has 8 amide bonds. The number of aliphatic carboxylic acids is 3. The van der Waals surface area contributed by atoms with Crippen LogP contribution in [0.4, 0.5) is 0 Å². The third-order valence-electron chi connectivity index (χ3n) is 12.9. The second kappa shape index (κ2) is 35.3. The predicted molar refractivity (Wildman–Crippen MR) is 317 cm³/mol. The van der Waals surface area contributed by atoms with Crippen molar-refractivity contribution in [1.29, 1.82) is 0 Å². The Morgan fingerprint density at radius 3 is 1.58 bits per heavy atom. The number of phenolic OH excluding ortho intramolecular Hbond substituents is 1. The molecule has 8 atom stereocenters. The quantitative estimate of drug-likeness (QED) is 0.0136. The first kappa shape index (κ1) is 68.6. The van der Waals surface area contributed by atoms with E-state index in [-0.39, 0.29) is 74.7 Å². The summed E-state index contributed by atoms with van der Waals surface area (Å²) in [5.41, 5.74) is 18.9. The zero-order chi connectivity index (χ0) is 62.6. The van der Waals surface area contributed by atoms with Crippen molar-refractivity contribution in [2.75, 3.05) is 37.1 Å². The van der Waals surface area contributed by atoms with Crippen LogP contribution in [0.25, 0.3) is 10.9 Å². The molecule has 0 aliphatic rings. The summed E-state index contributed by atoms with van der Waals surface area (Å²) in [5.74, 6) is -11.9. The van der Waals surface area contributed by atoms with Crippen LogP contribution in [0.2, 0.25) is 0 Å². The second-order valence-electron chi connectivity index (χ2n) is 19.5. The summed E-state index contributed by atoms with van der Waals surface area (Å²) in [5, 5.41) is 59.7. The topological polar surface area (TPSA) is 471 Å². The maximum atomic E-state index is 14.4. The van der Waals surface area contributed by atoms with Gasteiger partial charge in [-0.3, -0.25) is 52.9 Å². The van der Waals surface area contributed by atoms with Crippen LogP contribution in [-0.4, -0.2) is 182 Å². The number of amides is 8. The number of fused-ring (bicyclic) bond motifs is 1. The van der Waals surface area contributed by atoms with Crippen molar-refractivity contribution in [2.24, 2.45) is 22.2 Å². The van der Waals surface area contributed by atoms with Gasteiger partial charge in [-0.05, 0) is 84.6 Å². The number of carbonyl (C=O) groups is 11. The third kappa shape index (κ3) is 24.1. The molecule has 4 rings (SSSR count). The van der Waals surface area contributed by atoms with Gasteiger partial charge >= 0.3 is 17.9 Å². The van der Waals surface area contributed by atoms with E-state index in [4.69, 9.17) is 17.2 Å². The number of nitrogens with zero attached hydrogens (tertiary/aromatic N) is 1. The van der Waals surface area contributed by atoms with Gasteiger partial charge in [0, 0.05) is 42.9 Å². The molecule has 0 radical (unpaired) electrons. The van der Waals surface area contributed by atoms with Crippen molar-refractivity contribution >= 4 is 106 Å². The van der Waals surface area contributed by atoms with Crippen molar-refractivity contribution in [2.45, 2.75) is 106 Å². The first-order valence-corrected chi connectivity index (χ1v) is 29.5. The number of thioether (sulfide) groups is 2. The van der Waals surface area contributed by atoms with Crippen LogP contribution < -0.4 is 59.7 Å². The molecule has 0 bridgehead atoms. The maximum absolute atomic E-state index is 14.4. The highest BCUT2D eigenvalue weighted by Crippen LogP contribution is 2.20. The van der Waals surface area contributed by atoms with Crippen LogP contribution in [0.5, 0.6) is 5.75 Å². The van der Waals surface area contributed by atoms with Gasteiger partial charge in [0.1, 0.15) is 48.0 Å². The number of hydrogen-bond donors (Lipinski definition) is 16. The van der Waals surface area contributed by atoms with Crippen molar-refractivity contribution < 1.29 is 73.2 Å². The fourth-order valence-corrected chi connectivity index (χ4v) is 9.40. The molecular formula is C55H73N13O15S2. The number of para-hydroxylation sites is 1. The van der Waals surface area contributed by atoms with Crippen LogP contribution in [0.15, 0.2) is 90.1 Å². The Labute approximate surface area is 497 Å². The molecule has 0 unspecified atom stereocenters. The summed E-state index contributed by atoms with van der Waals surface area (Å²) in [4.78, 5) is 154. The highest BCUT2D eigenvalue weighted by molar-refractivity contribution is 7.98. The third-order valence-corrected chi connectivity index (χ3v) is 14.2. The fourth-order valence-electron chi connectivity index (χ4n) is 8.46. The van der Waals surface area contributed by atoms with Crippen LogP contribution in [-0.2, 0) is 72.0 Å². The van der Waals surface area contributed by atoms with Crippen LogP contribution in [0.1, 0.15) is 55.2 Å². The number of guanidine groups is 1. The molecule has 0 saturated carbocycles. The maximum Gasteiger partial charge on any atom is 0.326 e. The number of aromatic hydroxyl groups is 1. The van der Waals surface area contributed by atoms with E-state index in [1.165, 1.54) is 47.8 Å². The summed E-state index contributed by atoms with van der Waals surface area (Å²) in [6.45, 7) is -0.633. The zero-order valence-corrected chi connectivity index (χ0v) is 48.3. The van der Waals surface area contributed by atoms with Crippen LogP contribution >= 0.6 is 23.5 Å². The summed E-state index contributed by atoms with van der Waals surface area (Å²) >= 11 is 2.61. The number of rotatable bonds is 37. The van der Waals surface area contributed by atoms with Gasteiger partial charge in [0.05, 0.1) is 25.4 Å². The van der Waals surface area contributed by atoms with E-state index >= 15 is 0 Å². The molecule has 0 saturated heterocycles. The highest BCUT2D eigenvalue weighted by atomic mass is 32.2. The summed E-state index contributed by atoms with van der Waals surface area (Å²) in [6.07, 6.45) is 2.81. The van der Waals surface area contributed by atoms with E-state index in [2.05, 4.69) is 52.5 Å². The molecule has 0 aliphatic carbocycles. The number of benzene rings is 3. The molecule has 3 aromatic carbocycles. The van der Waals surface area contributed by atoms with Gasteiger partial charge in [0.15, 0.2) is 5.96 Å². The van der Waals surface area contributed by atoms with Gasteiger partial charge < -0.3 is 85.1 Å². The lowest BCUT2D eigenvalue weighted by molar-refractivity contribution is -0.144. The molecule has 4 aromatic rings. The molecule has 30 heteroatoms. The predicted octanol–water partition coefficient (Wildman–Crippen LogP) is -1.67. The molecule has 0 fully saturated rings. The molecule has 460 valence electrons. The molecule has 1 heterocycles. The number of aromatic amines is 1. The van der Waals surface area contributed by atoms with Crippen molar-refractivity contribution in [3.63, 3.8) is 0 Å². The Bertz CT molecular complexity index is 2980. The Morgan fingerprint density at radius 2 is 1.01 bits per heavy atom. The minimum absolute atomic E-state index is 0.0209. The number of nitrogens with one attached hydrogen (secondary N) is 9. The molecule has 0 spiro atoms. The molecule has 85 heavy (non-hydrogen) atoms. The number of hydrogen-bond acceptors (Lipinski definition) is 16. The first-order chi connectivity index (χ1) is 40.5. The zero-order valence-electron chi connectivity index (χ0n) is 46.7.